The lowest BCUT2D eigenvalue weighted by Gasteiger charge is -2.10. The van der Waals surface area contributed by atoms with Crippen LogP contribution >= 0.6 is 0 Å². The predicted octanol–water partition coefficient (Wildman–Crippen LogP) is 3.23. The molecule has 0 unspecified atom stereocenters. The molecule has 0 atom stereocenters. The molecule has 1 heterocycles. The van der Waals surface area contributed by atoms with Crippen LogP contribution in [-0.2, 0) is 6.42 Å². The Morgan fingerprint density at radius 3 is 2.44 bits per heavy atom. The van der Waals surface area contributed by atoms with E-state index in [2.05, 4.69) is 41.3 Å². The van der Waals surface area contributed by atoms with Crippen molar-refractivity contribution in [1.29, 1.82) is 0 Å². The summed E-state index contributed by atoms with van der Waals surface area (Å²) in [5, 5.41) is 3.10. The molecule has 1 N–H and O–H groups in total. The van der Waals surface area contributed by atoms with Crippen molar-refractivity contribution in [2.75, 3.05) is 12.4 Å². The molecule has 0 aliphatic carbocycles. The number of anilines is 1. The number of aromatic nitrogens is 2. The highest BCUT2D eigenvalue weighted by molar-refractivity contribution is 5.36. The van der Waals surface area contributed by atoms with Crippen LogP contribution in [0.5, 0.6) is 0 Å². The lowest BCUT2D eigenvalue weighted by molar-refractivity contribution is 0.793. The summed E-state index contributed by atoms with van der Waals surface area (Å²) in [4.78, 5) is 9.13. The molecule has 0 saturated heterocycles. The van der Waals surface area contributed by atoms with E-state index in [0.717, 1.165) is 23.8 Å². The average Bonchev–Trinajstić information content (AvgIpc) is 2.39. The van der Waals surface area contributed by atoms with Crippen LogP contribution in [0.4, 0.5) is 5.82 Å². The van der Waals surface area contributed by atoms with Gasteiger partial charge in [-0.25, -0.2) is 9.97 Å². The third-order valence-corrected chi connectivity index (χ3v) is 2.85. The van der Waals surface area contributed by atoms with Gasteiger partial charge in [0.2, 0.25) is 0 Å². The molecule has 0 aliphatic heterocycles. The molecule has 0 spiro atoms. The molecule has 2 rings (SSSR count). The van der Waals surface area contributed by atoms with Crippen molar-refractivity contribution in [3.05, 3.63) is 53.5 Å². The molecule has 1 aromatic carbocycles. The first-order valence-electron chi connectivity index (χ1n) is 6.28. The predicted molar refractivity (Wildman–Crippen MR) is 74.9 cm³/mol. The van der Waals surface area contributed by atoms with Crippen molar-refractivity contribution in [3.63, 3.8) is 0 Å². The Kier molecular flexibility index (Phi) is 3.92. The number of hydrogen-bond acceptors (Lipinski definition) is 3. The van der Waals surface area contributed by atoms with Crippen molar-refractivity contribution in [3.8, 4) is 0 Å². The maximum absolute atomic E-state index is 4.63. The summed E-state index contributed by atoms with van der Waals surface area (Å²) in [5.41, 5.74) is 2.32. The normalized spacial score (nSPS) is 10.7. The van der Waals surface area contributed by atoms with Gasteiger partial charge in [0.15, 0.2) is 0 Å². The van der Waals surface area contributed by atoms with Gasteiger partial charge in [-0.3, -0.25) is 0 Å². The van der Waals surface area contributed by atoms with Gasteiger partial charge < -0.3 is 5.32 Å². The Bertz CT molecular complexity index is 506. The van der Waals surface area contributed by atoms with Crippen LogP contribution in [0, 0.1) is 0 Å². The highest BCUT2D eigenvalue weighted by Gasteiger charge is 2.07. The molecule has 0 fully saturated rings. The average molecular weight is 241 g/mol. The number of hydrogen-bond donors (Lipinski definition) is 1. The summed E-state index contributed by atoms with van der Waals surface area (Å²) >= 11 is 0. The van der Waals surface area contributed by atoms with Crippen molar-refractivity contribution >= 4 is 5.82 Å². The molecule has 0 radical (unpaired) electrons. The molecule has 1 aromatic heterocycles. The first kappa shape index (κ1) is 12.6. The van der Waals surface area contributed by atoms with E-state index >= 15 is 0 Å². The van der Waals surface area contributed by atoms with Gasteiger partial charge in [0.25, 0.3) is 0 Å². The Labute approximate surface area is 108 Å². The van der Waals surface area contributed by atoms with Gasteiger partial charge in [-0.05, 0) is 11.5 Å². The second kappa shape index (κ2) is 5.63. The van der Waals surface area contributed by atoms with E-state index in [9.17, 15) is 0 Å². The van der Waals surface area contributed by atoms with Crippen LogP contribution in [0.1, 0.15) is 36.8 Å². The lowest BCUT2D eigenvalue weighted by atomic mass is 10.1. The third-order valence-electron chi connectivity index (χ3n) is 2.85. The summed E-state index contributed by atoms with van der Waals surface area (Å²) in [6.07, 6.45) is 0.774. The zero-order valence-corrected chi connectivity index (χ0v) is 11.1. The first-order valence-corrected chi connectivity index (χ1v) is 6.28. The Morgan fingerprint density at radius 2 is 1.83 bits per heavy atom. The van der Waals surface area contributed by atoms with Gasteiger partial charge in [0.1, 0.15) is 11.6 Å². The standard InChI is InChI=1S/C15H19N3/c1-11(2)13-10-14(16-3)18-15(17-13)9-12-7-5-4-6-8-12/h4-8,10-11H,9H2,1-3H3,(H,16,17,18). The monoisotopic (exact) mass is 241 g/mol. The Balaban J connectivity index is 2.30. The topological polar surface area (TPSA) is 37.8 Å². The minimum absolute atomic E-state index is 0.412. The fourth-order valence-corrected chi connectivity index (χ4v) is 1.80. The number of rotatable bonds is 4. The molecule has 18 heavy (non-hydrogen) atoms. The summed E-state index contributed by atoms with van der Waals surface area (Å²) in [6, 6.07) is 12.3. The Morgan fingerprint density at radius 1 is 1.11 bits per heavy atom. The van der Waals surface area contributed by atoms with Crippen LogP contribution < -0.4 is 5.32 Å². The van der Waals surface area contributed by atoms with Crippen LogP contribution in [0.2, 0.25) is 0 Å². The van der Waals surface area contributed by atoms with Crippen molar-refractivity contribution in [2.24, 2.45) is 0 Å². The summed E-state index contributed by atoms with van der Waals surface area (Å²) < 4.78 is 0. The maximum atomic E-state index is 4.63. The van der Waals surface area contributed by atoms with Crippen LogP contribution in [0.15, 0.2) is 36.4 Å². The highest BCUT2D eigenvalue weighted by Crippen LogP contribution is 2.16. The molecule has 0 saturated carbocycles. The van der Waals surface area contributed by atoms with Gasteiger partial charge in [0.05, 0.1) is 0 Å². The zero-order chi connectivity index (χ0) is 13.0. The molecule has 3 heteroatoms. The fourth-order valence-electron chi connectivity index (χ4n) is 1.80. The smallest absolute Gasteiger partial charge is 0.135 e. The quantitative estimate of drug-likeness (QED) is 0.893. The minimum atomic E-state index is 0.412. The molecule has 0 bridgehead atoms. The second-order valence-electron chi connectivity index (χ2n) is 4.66. The fraction of sp³-hybridized carbons (Fsp3) is 0.333. The second-order valence-corrected chi connectivity index (χ2v) is 4.66. The van der Waals surface area contributed by atoms with E-state index in [-0.39, 0.29) is 0 Å². The molecule has 0 aliphatic rings. The van der Waals surface area contributed by atoms with Gasteiger partial charge in [-0.2, -0.15) is 0 Å². The Hall–Kier alpha value is -1.90. The van der Waals surface area contributed by atoms with Gasteiger partial charge >= 0.3 is 0 Å². The molecule has 2 aromatic rings. The molecule has 94 valence electrons. The van der Waals surface area contributed by atoms with E-state index in [4.69, 9.17) is 0 Å². The summed E-state index contributed by atoms with van der Waals surface area (Å²) in [5.74, 6) is 2.17. The SMILES string of the molecule is CNc1cc(C(C)C)nc(Cc2ccccc2)n1. The molecular weight excluding hydrogens is 222 g/mol. The largest absolute Gasteiger partial charge is 0.373 e. The van der Waals surface area contributed by atoms with Gasteiger partial charge in [0, 0.05) is 25.2 Å². The maximum Gasteiger partial charge on any atom is 0.135 e. The zero-order valence-electron chi connectivity index (χ0n) is 11.1. The molecule has 3 nitrogen and oxygen atoms in total. The first-order chi connectivity index (χ1) is 8.69. The van der Waals surface area contributed by atoms with E-state index in [1.54, 1.807) is 0 Å². The molecule has 0 amide bonds. The van der Waals surface area contributed by atoms with Gasteiger partial charge in [-0.1, -0.05) is 44.2 Å². The summed E-state index contributed by atoms with van der Waals surface area (Å²) in [7, 11) is 1.89. The van der Waals surface area contributed by atoms with Crippen LogP contribution in [-0.4, -0.2) is 17.0 Å². The summed E-state index contributed by atoms with van der Waals surface area (Å²) in [6.45, 7) is 4.29. The van der Waals surface area contributed by atoms with E-state index in [0.29, 0.717) is 5.92 Å². The number of nitrogens with one attached hydrogen (secondary N) is 1. The highest BCUT2D eigenvalue weighted by atomic mass is 15.0. The van der Waals surface area contributed by atoms with E-state index in [1.165, 1.54) is 5.56 Å². The van der Waals surface area contributed by atoms with Crippen LogP contribution in [0.25, 0.3) is 0 Å². The van der Waals surface area contributed by atoms with Crippen molar-refractivity contribution in [1.82, 2.24) is 9.97 Å². The van der Waals surface area contributed by atoms with E-state index in [1.807, 2.05) is 31.3 Å². The number of benzene rings is 1. The van der Waals surface area contributed by atoms with Crippen LogP contribution in [0.3, 0.4) is 0 Å². The van der Waals surface area contributed by atoms with Crippen molar-refractivity contribution in [2.45, 2.75) is 26.2 Å². The lowest BCUT2D eigenvalue weighted by Crippen LogP contribution is -2.05. The number of nitrogens with zero attached hydrogens (tertiary/aromatic N) is 2. The minimum Gasteiger partial charge on any atom is -0.373 e. The molecular formula is C15H19N3. The van der Waals surface area contributed by atoms with Crippen molar-refractivity contribution < 1.29 is 0 Å². The van der Waals surface area contributed by atoms with E-state index < -0.39 is 0 Å². The third kappa shape index (κ3) is 3.06. The van der Waals surface area contributed by atoms with Gasteiger partial charge in [-0.15, -0.1) is 0 Å².